The second-order valence-electron chi connectivity index (χ2n) is 9.95. The number of methoxy groups -OCH3 is 1. The molecule has 1 aromatic heterocycles. The summed E-state index contributed by atoms with van der Waals surface area (Å²) in [5, 5.41) is 9.17. The van der Waals surface area contributed by atoms with Gasteiger partial charge >= 0.3 is 6.18 Å². The van der Waals surface area contributed by atoms with E-state index in [1.807, 2.05) is 0 Å². The molecule has 0 unspecified atom stereocenters. The number of carbonyl (C=O) groups is 2. The number of ether oxygens (including phenoxy) is 2. The molecule has 0 atom stereocenters. The third kappa shape index (κ3) is 5.89. The topological polar surface area (TPSA) is 118 Å². The smallest absolute Gasteiger partial charge is 0.423 e. The molecule has 41 heavy (non-hydrogen) atoms. The molecule has 1 saturated heterocycles. The predicted octanol–water partition coefficient (Wildman–Crippen LogP) is 4.42. The fourth-order valence-corrected chi connectivity index (χ4v) is 4.91. The molecule has 0 aliphatic carbocycles. The molecule has 3 N–H and O–H groups in total. The number of hydrogen-bond donors (Lipinski definition) is 3. The maximum absolute atomic E-state index is 13.9. The Bertz CT molecular complexity index is 1490. The summed E-state index contributed by atoms with van der Waals surface area (Å²) < 4.78 is 52.7. The van der Waals surface area contributed by atoms with Gasteiger partial charge in [-0.2, -0.15) is 18.2 Å². The van der Waals surface area contributed by atoms with E-state index in [1.165, 1.54) is 18.1 Å². The number of aryl methyl sites for hydroxylation is 1. The Kier molecular flexibility index (Phi) is 7.72. The van der Waals surface area contributed by atoms with Crippen LogP contribution in [0.25, 0.3) is 0 Å². The first-order chi connectivity index (χ1) is 19.5. The number of rotatable bonds is 7. The molecule has 0 bridgehead atoms. The average Bonchev–Trinajstić information content (AvgIpc) is 3.22. The summed E-state index contributed by atoms with van der Waals surface area (Å²) in [6.07, 6.45) is -2.55. The van der Waals surface area contributed by atoms with Gasteiger partial charge in [-0.3, -0.25) is 9.59 Å². The van der Waals surface area contributed by atoms with Crippen LogP contribution in [0.15, 0.2) is 36.5 Å². The van der Waals surface area contributed by atoms with E-state index in [9.17, 15) is 22.8 Å². The molecule has 0 saturated carbocycles. The predicted molar refractivity (Wildman–Crippen MR) is 144 cm³/mol. The van der Waals surface area contributed by atoms with E-state index in [4.69, 9.17) is 9.47 Å². The van der Waals surface area contributed by atoms with Crippen LogP contribution in [0.3, 0.4) is 0 Å². The van der Waals surface area contributed by atoms with E-state index in [-0.39, 0.29) is 40.9 Å². The van der Waals surface area contributed by atoms with E-state index < -0.39 is 17.6 Å². The average molecular weight is 571 g/mol. The fraction of sp³-hybridized carbons (Fsp3) is 0.357. The maximum atomic E-state index is 13.9. The lowest BCUT2D eigenvalue weighted by Crippen LogP contribution is -2.42. The molecule has 0 radical (unpaired) electrons. The zero-order chi connectivity index (χ0) is 29.3. The third-order valence-electron chi connectivity index (χ3n) is 7.06. The molecule has 1 fully saturated rings. The van der Waals surface area contributed by atoms with Crippen LogP contribution in [0.1, 0.15) is 50.2 Å². The monoisotopic (exact) mass is 570 g/mol. The number of benzene rings is 2. The summed E-state index contributed by atoms with van der Waals surface area (Å²) >= 11 is 0. The van der Waals surface area contributed by atoms with Crippen molar-refractivity contribution in [3.63, 3.8) is 0 Å². The van der Waals surface area contributed by atoms with Gasteiger partial charge in [0.25, 0.3) is 11.8 Å². The molecule has 2 aromatic carbocycles. The summed E-state index contributed by atoms with van der Waals surface area (Å²) in [5.74, 6) is -1.33. The van der Waals surface area contributed by atoms with Crippen molar-refractivity contribution in [3.05, 3.63) is 64.3 Å². The van der Waals surface area contributed by atoms with E-state index in [0.717, 1.165) is 25.9 Å². The molecule has 2 aliphatic rings. The van der Waals surface area contributed by atoms with Gasteiger partial charge in [-0.25, -0.2) is 4.98 Å². The molecule has 2 amide bonds. The molecular weight excluding hydrogens is 541 g/mol. The van der Waals surface area contributed by atoms with Gasteiger partial charge in [0.05, 0.1) is 18.4 Å². The SMILES string of the molecule is COc1cc(C(=O)NC2CCNCC2)c(C)cc1Nc1ncc(C(F)(F)F)c(Oc2cccc3c2C(=O)N(C)C3)n1. The standard InChI is InChI=1S/C28H29F3N6O4/c1-15-11-20(22(40-3)12-18(15)24(38)34-17-7-9-32-10-8-17)35-27-33-13-19(28(29,30)31)25(36-27)41-21-6-4-5-16-14-37(2)26(39)23(16)21/h4-6,11-13,17,32H,7-10,14H2,1-3H3,(H,34,38)(H,33,35,36). The van der Waals surface area contributed by atoms with Gasteiger partial charge in [0.2, 0.25) is 11.8 Å². The van der Waals surface area contributed by atoms with E-state index in [0.29, 0.717) is 35.1 Å². The molecule has 3 aromatic rings. The first-order valence-corrected chi connectivity index (χ1v) is 13.0. The highest BCUT2D eigenvalue weighted by molar-refractivity contribution is 6.01. The second-order valence-corrected chi connectivity index (χ2v) is 9.95. The van der Waals surface area contributed by atoms with Crippen molar-refractivity contribution >= 4 is 23.5 Å². The van der Waals surface area contributed by atoms with Crippen molar-refractivity contribution in [3.8, 4) is 17.4 Å². The first kappa shape index (κ1) is 28.1. The number of nitrogens with zero attached hydrogens (tertiary/aromatic N) is 3. The third-order valence-corrected chi connectivity index (χ3v) is 7.06. The highest BCUT2D eigenvalue weighted by Crippen LogP contribution is 2.40. The number of piperidine rings is 1. The molecule has 5 rings (SSSR count). The number of halogens is 3. The molecule has 13 heteroatoms. The van der Waals surface area contributed by atoms with Gasteiger partial charge in [-0.05, 0) is 62.2 Å². The van der Waals surface area contributed by atoms with Crippen molar-refractivity contribution in [1.82, 2.24) is 25.5 Å². The van der Waals surface area contributed by atoms with Crippen molar-refractivity contribution in [1.29, 1.82) is 0 Å². The van der Waals surface area contributed by atoms with Crippen molar-refractivity contribution in [2.75, 3.05) is 32.6 Å². The van der Waals surface area contributed by atoms with Crippen LogP contribution in [0.4, 0.5) is 24.8 Å². The normalized spacial score (nSPS) is 15.5. The number of carbonyl (C=O) groups excluding carboxylic acids is 2. The molecule has 216 valence electrons. The number of aromatic nitrogens is 2. The van der Waals surface area contributed by atoms with E-state index in [1.54, 1.807) is 38.2 Å². The number of hydrogen-bond acceptors (Lipinski definition) is 8. The van der Waals surface area contributed by atoms with E-state index in [2.05, 4.69) is 25.9 Å². The van der Waals surface area contributed by atoms with Gasteiger partial charge in [0.15, 0.2) is 0 Å². The first-order valence-electron chi connectivity index (χ1n) is 13.0. The molecular formula is C28H29F3N6O4. The van der Waals surface area contributed by atoms with Crippen LogP contribution in [-0.2, 0) is 12.7 Å². The largest absolute Gasteiger partial charge is 0.495 e. The Balaban J connectivity index is 1.44. The zero-order valence-corrected chi connectivity index (χ0v) is 22.7. The minimum Gasteiger partial charge on any atom is -0.495 e. The number of alkyl halides is 3. The van der Waals surface area contributed by atoms with Crippen LogP contribution < -0.4 is 25.4 Å². The number of nitrogens with one attached hydrogen (secondary N) is 3. The molecule has 0 spiro atoms. The van der Waals surface area contributed by atoms with Gasteiger partial charge in [0, 0.05) is 31.4 Å². The Morgan fingerprint density at radius 1 is 1.17 bits per heavy atom. The van der Waals surface area contributed by atoms with Crippen molar-refractivity contribution in [2.24, 2.45) is 0 Å². The summed E-state index contributed by atoms with van der Waals surface area (Å²) in [5.41, 5.74) is 0.993. The lowest BCUT2D eigenvalue weighted by atomic mass is 10.0. The number of fused-ring (bicyclic) bond motifs is 1. The minimum atomic E-state index is -4.82. The van der Waals surface area contributed by atoms with Gasteiger partial charge < -0.3 is 30.3 Å². The van der Waals surface area contributed by atoms with E-state index >= 15 is 0 Å². The Labute approximate surface area is 234 Å². The summed E-state index contributed by atoms with van der Waals surface area (Å²) in [7, 11) is 3.01. The van der Waals surface area contributed by atoms with Crippen LogP contribution in [-0.4, -0.2) is 60.0 Å². The lowest BCUT2D eigenvalue weighted by molar-refractivity contribution is -0.139. The highest BCUT2D eigenvalue weighted by atomic mass is 19.4. The number of amides is 2. The lowest BCUT2D eigenvalue weighted by Gasteiger charge is -2.24. The Morgan fingerprint density at radius 2 is 1.93 bits per heavy atom. The van der Waals surface area contributed by atoms with Gasteiger partial charge in [-0.1, -0.05) is 12.1 Å². The van der Waals surface area contributed by atoms with Crippen LogP contribution >= 0.6 is 0 Å². The quantitative estimate of drug-likeness (QED) is 0.382. The molecule has 2 aliphatic heterocycles. The Hall–Kier alpha value is -4.39. The maximum Gasteiger partial charge on any atom is 0.423 e. The van der Waals surface area contributed by atoms with Crippen molar-refractivity contribution in [2.45, 2.75) is 38.5 Å². The zero-order valence-electron chi connectivity index (χ0n) is 22.7. The summed E-state index contributed by atoms with van der Waals surface area (Å²) in [4.78, 5) is 34.9. The van der Waals surface area contributed by atoms with Gasteiger partial charge in [0.1, 0.15) is 17.1 Å². The Morgan fingerprint density at radius 3 is 2.63 bits per heavy atom. The molecule has 10 nitrogen and oxygen atoms in total. The fourth-order valence-electron chi connectivity index (χ4n) is 4.91. The highest BCUT2D eigenvalue weighted by Gasteiger charge is 2.37. The second kappa shape index (κ2) is 11.2. The summed E-state index contributed by atoms with van der Waals surface area (Å²) in [6, 6.07) is 8.00. The molecule has 3 heterocycles. The van der Waals surface area contributed by atoms with Crippen LogP contribution in [0.5, 0.6) is 17.4 Å². The summed E-state index contributed by atoms with van der Waals surface area (Å²) in [6.45, 7) is 3.72. The van der Waals surface area contributed by atoms with Crippen LogP contribution in [0, 0.1) is 6.92 Å². The number of anilines is 2. The van der Waals surface area contributed by atoms with Crippen molar-refractivity contribution < 1.29 is 32.2 Å². The minimum absolute atomic E-state index is 0.0375. The van der Waals surface area contributed by atoms with Crippen LogP contribution in [0.2, 0.25) is 0 Å². The van der Waals surface area contributed by atoms with Gasteiger partial charge in [-0.15, -0.1) is 0 Å².